The molecule has 0 saturated heterocycles. The predicted molar refractivity (Wildman–Crippen MR) is 73.7 cm³/mol. The van der Waals surface area contributed by atoms with Crippen LogP contribution in [0.2, 0.25) is 0 Å². The topological polar surface area (TPSA) is 26.0 Å². The molecule has 0 bridgehead atoms. The van der Waals surface area contributed by atoms with Crippen LogP contribution in [0.1, 0.15) is 5.56 Å². The molecule has 0 atom stereocenters. The van der Waals surface area contributed by atoms with E-state index in [9.17, 15) is 0 Å². The molecular weight excluding hydrogens is 479 g/mol. The van der Waals surface area contributed by atoms with Crippen LogP contribution in [0.3, 0.4) is 0 Å². The first kappa shape index (κ1) is 10.3. The summed E-state index contributed by atoms with van der Waals surface area (Å²) in [4.78, 5) is 0. The molecule has 1 aromatic carbocycles. The number of hydrogen-bond acceptors (Lipinski definition) is 1. The molecule has 60 valence electrons. The molecule has 0 aliphatic rings. The average molecular weight is 485 g/mol. The number of anilines is 1. The van der Waals surface area contributed by atoms with E-state index >= 15 is 0 Å². The number of nitrogens with two attached hydrogens (primary N) is 1. The molecule has 0 aliphatic heterocycles. The van der Waals surface area contributed by atoms with E-state index in [-0.39, 0.29) is 0 Å². The lowest BCUT2D eigenvalue weighted by molar-refractivity contribution is 1.37. The minimum absolute atomic E-state index is 0.907. The SMILES string of the molecule is Cc1c(I)cc(I)c(N)c1I. The highest BCUT2D eigenvalue weighted by atomic mass is 127. The van der Waals surface area contributed by atoms with Gasteiger partial charge in [0.05, 0.1) is 5.69 Å². The average Bonchev–Trinajstić information content (AvgIpc) is 1.97. The Morgan fingerprint density at radius 1 is 1.18 bits per heavy atom. The highest BCUT2D eigenvalue weighted by Gasteiger charge is 2.06. The molecule has 4 heteroatoms. The minimum atomic E-state index is 0.907. The number of halogens is 3. The molecule has 0 spiro atoms. The molecule has 0 aliphatic carbocycles. The Morgan fingerprint density at radius 3 is 2.27 bits per heavy atom. The van der Waals surface area contributed by atoms with E-state index in [1.807, 2.05) is 0 Å². The van der Waals surface area contributed by atoms with Crippen LogP contribution in [0, 0.1) is 17.6 Å². The summed E-state index contributed by atoms with van der Waals surface area (Å²) in [6, 6.07) is 2.11. The second-order valence-corrected chi connectivity index (χ2v) is 5.60. The van der Waals surface area contributed by atoms with E-state index in [2.05, 4.69) is 80.8 Å². The summed E-state index contributed by atoms with van der Waals surface area (Å²) in [6.45, 7) is 2.09. The zero-order valence-electron chi connectivity index (χ0n) is 5.79. The van der Waals surface area contributed by atoms with E-state index in [0.29, 0.717) is 0 Å². The lowest BCUT2D eigenvalue weighted by atomic mass is 10.2. The zero-order chi connectivity index (χ0) is 8.59. The molecule has 0 aromatic heterocycles. The third kappa shape index (κ3) is 2.11. The van der Waals surface area contributed by atoms with Crippen LogP contribution in [0.15, 0.2) is 6.07 Å². The van der Waals surface area contributed by atoms with Crippen molar-refractivity contribution in [3.63, 3.8) is 0 Å². The van der Waals surface area contributed by atoms with Crippen molar-refractivity contribution < 1.29 is 0 Å². The van der Waals surface area contributed by atoms with Gasteiger partial charge in [-0.25, -0.2) is 0 Å². The predicted octanol–water partition coefficient (Wildman–Crippen LogP) is 3.39. The second-order valence-electron chi connectivity index (χ2n) is 2.19. The fourth-order valence-electron chi connectivity index (χ4n) is 0.709. The van der Waals surface area contributed by atoms with Crippen LogP contribution in [-0.2, 0) is 0 Å². The maximum Gasteiger partial charge on any atom is 0.0588 e. The van der Waals surface area contributed by atoms with Gasteiger partial charge in [-0.15, -0.1) is 0 Å². The van der Waals surface area contributed by atoms with Gasteiger partial charge in [0.2, 0.25) is 0 Å². The van der Waals surface area contributed by atoms with Crippen LogP contribution in [0.25, 0.3) is 0 Å². The highest BCUT2D eigenvalue weighted by molar-refractivity contribution is 14.1. The molecule has 1 nitrogen and oxygen atoms in total. The largest absolute Gasteiger partial charge is 0.397 e. The van der Waals surface area contributed by atoms with Crippen LogP contribution in [0.5, 0.6) is 0 Å². The normalized spacial score (nSPS) is 10.2. The van der Waals surface area contributed by atoms with E-state index < -0.39 is 0 Å². The fraction of sp³-hybridized carbons (Fsp3) is 0.143. The van der Waals surface area contributed by atoms with Gasteiger partial charge in [-0.2, -0.15) is 0 Å². The first-order valence-corrected chi connectivity index (χ1v) is 6.17. The monoisotopic (exact) mass is 485 g/mol. The Bertz CT molecular complexity index is 270. The van der Waals surface area contributed by atoms with E-state index in [0.717, 1.165) is 9.26 Å². The van der Waals surface area contributed by atoms with Gasteiger partial charge in [0.25, 0.3) is 0 Å². The van der Waals surface area contributed by atoms with Crippen molar-refractivity contribution in [3.8, 4) is 0 Å². The Kier molecular flexibility index (Phi) is 3.69. The van der Waals surface area contributed by atoms with Crippen molar-refractivity contribution in [2.45, 2.75) is 6.92 Å². The standard InChI is InChI=1S/C7H6I3N/c1-3-4(8)2-5(9)7(11)6(3)10/h2H,11H2,1H3. The highest BCUT2D eigenvalue weighted by Crippen LogP contribution is 2.28. The molecule has 0 saturated carbocycles. The van der Waals surface area contributed by atoms with E-state index in [4.69, 9.17) is 5.73 Å². The summed E-state index contributed by atoms with van der Waals surface area (Å²) in [7, 11) is 0. The summed E-state index contributed by atoms with van der Waals surface area (Å²) in [6.07, 6.45) is 0. The molecule has 11 heavy (non-hydrogen) atoms. The number of hydrogen-bond donors (Lipinski definition) is 1. The molecule has 0 radical (unpaired) electrons. The number of rotatable bonds is 0. The molecular formula is C7H6I3N. The summed E-state index contributed by atoms with van der Waals surface area (Å²) in [5, 5.41) is 0. The maximum atomic E-state index is 5.83. The molecule has 0 fully saturated rings. The zero-order valence-corrected chi connectivity index (χ0v) is 12.3. The first-order valence-electron chi connectivity index (χ1n) is 2.93. The van der Waals surface area contributed by atoms with Crippen molar-refractivity contribution >= 4 is 73.5 Å². The first-order chi connectivity index (χ1) is 5.04. The molecule has 0 amide bonds. The summed E-state index contributed by atoms with van der Waals surface area (Å²) in [5.74, 6) is 0. The van der Waals surface area contributed by atoms with Gasteiger partial charge in [-0.3, -0.25) is 0 Å². The van der Waals surface area contributed by atoms with Gasteiger partial charge in [0, 0.05) is 10.7 Å². The van der Waals surface area contributed by atoms with E-state index in [1.165, 1.54) is 12.7 Å². The van der Waals surface area contributed by atoms with Gasteiger partial charge in [-0.05, 0) is 86.3 Å². The fourth-order valence-corrected chi connectivity index (χ4v) is 4.08. The molecule has 1 aromatic rings. The third-order valence-electron chi connectivity index (χ3n) is 1.43. The molecule has 2 N–H and O–H groups in total. The Labute approximate surface area is 107 Å². The van der Waals surface area contributed by atoms with Gasteiger partial charge < -0.3 is 5.73 Å². The third-order valence-corrected chi connectivity index (χ3v) is 4.84. The van der Waals surface area contributed by atoms with Gasteiger partial charge in [-0.1, -0.05) is 0 Å². The van der Waals surface area contributed by atoms with Gasteiger partial charge in [0.15, 0.2) is 0 Å². The van der Waals surface area contributed by atoms with Crippen molar-refractivity contribution in [2.24, 2.45) is 0 Å². The van der Waals surface area contributed by atoms with E-state index in [1.54, 1.807) is 0 Å². The van der Waals surface area contributed by atoms with Crippen molar-refractivity contribution in [1.29, 1.82) is 0 Å². The Hall–Kier alpha value is 1.21. The summed E-state index contributed by atoms with van der Waals surface area (Å²) >= 11 is 6.87. The van der Waals surface area contributed by atoms with Crippen LogP contribution < -0.4 is 5.73 Å². The lowest BCUT2D eigenvalue weighted by Gasteiger charge is -2.06. The van der Waals surface area contributed by atoms with Crippen LogP contribution in [-0.4, -0.2) is 0 Å². The number of nitrogen functional groups attached to an aromatic ring is 1. The summed E-state index contributed by atoms with van der Waals surface area (Å²) < 4.78 is 3.60. The molecule has 0 heterocycles. The van der Waals surface area contributed by atoms with Gasteiger partial charge >= 0.3 is 0 Å². The van der Waals surface area contributed by atoms with Crippen LogP contribution >= 0.6 is 67.8 Å². The maximum absolute atomic E-state index is 5.83. The lowest BCUT2D eigenvalue weighted by Crippen LogP contribution is -1.97. The minimum Gasteiger partial charge on any atom is -0.397 e. The number of benzene rings is 1. The Morgan fingerprint density at radius 2 is 1.73 bits per heavy atom. The second kappa shape index (κ2) is 3.95. The molecule has 0 unspecified atom stereocenters. The van der Waals surface area contributed by atoms with Crippen molar-refractivity contribution in [3.05, 3.63) is 22.3 Å². The van der Waals surface area contributed by atoms with Crippen LogP contribution in [0.4, 0.5) is 5.69 Å². The quantitative estimate of drug-likeness (QED) is 0.443. The molecule has 1 rings (SSSR count). The summed E-state index contributed by atoms with van der Waals surface area (Å²) in [5.41, 5.74) is 8.02. The van der Waals surface area contributed by atoms with Crippen molar-refractivity contribution in [1.82, 2.24) is 0 Å². The van der Waals surface area contributed by atoms with Crippen molar-refractivity contribution in [2.75, 3.05) is 5.73 Å². The van der Waals surface area contributed by atoms with Gasteiger partial charge in [0.1, 0.15) is 0 Å². The Balaban J connectivity index is 3.46. The smallest absolute Gasteiger partial charge is 0.0588 e.